The molecule has 4 fully saturated rings. The Bertz CT molecular complexity index is 616. The first-order chi connectivity index (χ1) is 12.3. The van der Waals surface area contributed by atoms with Gasteiger partial charge >= 0.3 is 24.0 Å². The van der Waals surface area contributed by atoms with Crippen LogP contribution < -0.4 is 10.6 Å². The minimum absolute atomic E-state index is 0.580. The first kappa shape index (κ1) is 16.8. The number of ether oxygens (including phenoxy) is 4. The molecule has 0 aliphatic carbocycles. The van der Waals surface area contributed by atoms with Crippen molar-refractivity contribution in [1.29, 1.82) is 0 Å². The molecule has 26 heavy (non-hydrogen) atoms. The Labute approximate surface area is 144 Å². The third kappa shape index (κ3) is 2.68. The van der Waals surface area contributed by atoms with E-state index < -0.39 is 74.6 Å². The molecule has 4 saturated heterocycles. The maximum absolute atomic E-state index is 11.7. The molecule has 0 aromatic carbocycles. The number of nitrogens with one attached hydrogen (secondary N) is 2. The number of hydrogen-bond donors (Lipinski definition) is 4. The van der Waals surface area contributed by atoms with Gasteiger partial charge in [-0.1, -0.05) is 0 Å². The van der Waals surface area contributed by atoms with Crippen molar-refractivity contribution in [3.05, 3.63) is 0 Å². The second-order valence-corrected chi connectivity index (χ2v) is 5.85. The normalized spacial score (nSPS) is 38.2. The lowest BCUT2D eigenvalue weighted by molar-refractivity contribution is -0.235. The Balaban J connectivity index is 1.40. The van der Waals surface area contributed by atoms with Crippen LogP contribution in [0.4, 0.5) is 9.59 Å². The molecule has 6 atom stereocenters. The summed E-state index contributed by atoms with van der Waals surface area (Å²) < 4.78 is 22.0. The Kier molecular flexibility index (Phi) is 3.83. The van der Waals surface area contributed by atoms with Gasteiger partial charge in [-0.05, 0) is 0 Å². The number of carboxylic acids is 2. The maximum Gasteiger partial charge on any atom is 0.323 e. The number of aliphatic carboxylic acids is 2. The van der Waals surface area contributed by atoms with Crippen LogP contribution in [0.25, 0.3) is 0 Å². The summed E-state index contributed by atoms with van der Waals surface area (Å²) in [6.45, 7) is -1.16. The molecule has 0 unspecified atom stereocenters. The highest BCUT2D eigenvalue weighted by Gasteiger charge is 2.57. The summed E-state index contributed by atoms with van der Waals surface area (Å²) in [4.78, 5) is 47.0. The lowest BCUT2D eigenvalue weighted by atomic mass is 10.4. The first-order valence-electron chi connectivity index (χ1n) is 7.53. The molecular formula is C12H14N4O10. The van der Waals surface area contributed by atoms with Gasteiger partial charge in [0.1, 0.15) is 13.1 Å². The van der Waals surface area contributed by atoms with Crippen LogP contribution in [0.1, 0.15) is 0 Å². The molecule has 14 nitrogen and oxygen atoms in total. The van der Waals surface area contributed by atoms with Crippen LogP contribution in [0.5, 0.6) is 0 Å². The molecule has 0 aromatic heterocycles. The third-order valence-electron chi connectivity index (χ3n) is 4.13. The molecule has 4 N–H and O–H groups in total. The monoisotopic (exact) mass is 374 g/mol. The summed E-state index contributed by atoms with van der Waals surface area (Å²) >= 11 is 0. The summed E-state index contributed by atoms with van der Waals surface area (Å²) in [6.07, 6.45) is -6.03. The van der Waals surface area contributed by atoms with E-state index in [-0.39, 0.29) is 0 Å². The van der Waals surface area contributed by atoms with Gasteiger partial charge < -0.3 is 39.8 Å². The third-order valence-corrected chi connectivity index (χ3v) is 4.13. The molecule has 0 bridgehead atoms. The molecule has 4 rings (SSSR count). The number of carbonyl (C=O) groups is 4. The van der Waals surface area contributed by atoms with E-state index in [1.165, 1.54) is 0 Å². The van der Waals surface area contributed by atoms with Crippen molar-refractivity contribution in [3.63, 3.8) is 0 Å². The van der Waals surface area contributed by atoms with Crippen molar-refractivity contribution in [2.45, 2.75) is 37.5 Å². The van der Waals surface area contributed by atoms with Gasteiger partial charge in [-0.3, -0.25) is 19.4 Å². The summed E-state index contributed by atoms with van der Waals surface area (Å²) in [5.74, 6) is -2.44. The van der Waals surface area contributed by atoms with Gasteiger partial charge in [0.25, 0.3) is 0 Å². The number of amides is 4. The molecular weight excluding hydrogens is 360 g/mol. The van der Waals surface area contributed by atoms with Crippen LogP contribution in [0.15, 0.2) is 0 Å². The van der Waals surface area contributed by atoms with Crippen molar-refractivity contribution in [2.75, 3.05) is 13.1 Å². The maximum atomic E-state index is 11.7. The second kappa shape index (κ2) is 5.94. The van der Waals surface area contributed by atoms with Gasteiger partial charge in [0.05, 0.1) is 0 Å². The van der Waals surface area contributed by atoms with Crippen LogP contribution in [-0.2, 0) is 28.5 Å². The minimum atomic E-state index is -1.22. The van der Waals surface area contributed by atoms with Crippen molar-refractivity contribution in [2.24, 2.45) is 0 Å². The van der Waals surface area contributed by atoms with Crippen molar-refractivity contribution < 1.29 is 48.3 Å². The van der Waals surface area contributed by atoms with Gasteiger partial charge in [0, 0.05) is 0 Å². The molecule has 4 amide bonds. The average molecular weight is 374 g/mol. The molecule has 4 heterocycles. The highest BCUT2D eigenvalue weighted by Crippen LogP contribution is 2.34. The van der Waals surface area contributed by atoms with Crippen LogP contribution in [0.2, 0.25) is 0 Å². The van der Waals surface area contributed by atoms with Gasteiger partial charge in [0.15, 0.2) is 24.9 Å². The van der Waals surface area contributed by atoms with E-state index in [2.05, 4.69) is 10.6 Å². The van der Waals surface area contributed by atoms with Gasteiger partial charge in [-0.2, -0.15) is 0 Å². The zero-order chi connectivity index (χ0) is 18.6. The standard InChI is InChI=1S/C12H14N4O10/c17-3(18)1-15-7-5(13-11(15)21)23-9(25-7)10-24-6-8(26-10)16(2-4(19)20)12(22)14-6/h5-10H,1-2H2,(H,13,21)(H,14,22)(H,17,18)(H,19,20)/t5-,6-,7-,8+,9-,10-/m1/s1. The molecule has 4 aliphatic rings. The fourth-order valence-corrected chi connectivity index (χ4v) is 3.10. The molecule has 0 spiro atoms. The van der Waals surface area contributed by atoms with Crippen molar-refractivity contribution in [3.8, 4) is 0 Å². The largest absolute Gasteiger partial charge is 0.480 e. The molecule has 142 valence electrons. The predicted molar refractivity (Wildman–Crippen MR) is 72.8 cm³/mol. The van der Waals surface area contributed by atoms with Crippen LogP contribution in [-0.4, -0.2) is 94.6 Å². The van der Waals surface area contributed by atoms with Gasteiger partial charge in [0.2, 0.25) is 12.6 Å². The highest BCUT2D eigenvalue weighted by atomic mass is 16.8. The second-order valence-electron chi connectivity index (χ2n) is 5.85. The lowest BCUT2D eigenvalue weighted by Gasteiger charge is -2.23. The molecule has 4 aliphatic heterocycles. The fraction of sp³-hybridized carbons (Fsp3) is 0.667. The quantitative estimate of drug-likeness (QED) is 0.395. The summed E-state index contributed by atoms with van der Waals surface area (Å²) in [5.41, 5.74) is 0. The Morgan fingerprint density at radius 2 is 1.19 bits per heavy atom. The van der Waals surface area contributed by atoms with Crippen LogP contribution >= 0.6 is 0 Å². The number of carbonyl (C=O) groups excluding carboxylic acids is 2. The highest BCUT2D eigenvalue weighted by molar-refractivity contribution is 5.83. The Morgan fingerprint density at radius 1 is 0.808 bits per heavy atom. The average Bonchev–Trinajstić information content (AvgIpc) is 3.24. The van der Waals surface area contributed by atoms with Crippen LogP contribution in [0, 0.1) is 0 Å². The number of fused-ring (bicyclic) bond motifs is 2. The lowest BCUT2D eigenvalue weighted by Crippen LogP contribution is -2.43. The van der Waals surface area contributed by atoms with Gasteiger partial charge in [-0.15, -0.1) is 0 Å². The zero-order valence-electron chi connectivity index (χ0n) is 12.9. The minimum Gasteiger partial charge on any atom is -0.480 e. The van der Waals surface area contributed by atoms with E-state index in [0.717, 1.165) is 9.80 Å². The molecule has 14 heteroatoms. The topological polar surface area (TPSA) is 176 Å². The van der Waals surface area contributed by atoms with E-state index in [1.807, 2.05) is 0 Å². The van der Waals surface area contributed by atoms with Crippen molar-refractivity contribution >= 4 is 24.0 Å². The number of rotatable bonds is 5. The Hall–Kier alpha value is -2.68. The predicted octanol–water partition coefficient (Wildman–Crippen LogP) is -2.74. The zero-order valence-corrected chi connectivity index (χ0v) is 12.9. The molecule has 0 radical (unpaired) electrons. The van der Waals surface area contributed by atoms with E-state index in [4.69, 9.17) is 29.2 Å². The Morgan fingerprint density at radius 3 is 1.54 bits per heavy atom. The van der Waals surface area contributed by atoms with E-state index in [0.29, 0.717) is 0 Å². The summed E-state index contributed by atoms with van der Waals surface area (Å²) in [5, 5.41) is 22.6. The number of nitrogens with zero attached hydrogens (tertiary/aromatic N) is 2. The first-order valence-corrected chi connectivity index (χ1v) is 7.53. The number of hydrogen-bond acceptors (Lipinski definition) is 8. The number of carboxylic acid groups (broad SMARTS) is 2. The molecule has 0 aromatic rings. The smallest absolute Gasteiger partial charge is 0.323 e. The van der Waals surface area contributed by atoms with Crippen molar-refractivity contribution in [1.82, 2.24) is 20.4 Å². The SMILES string of the molecule is O=C(O)CN1C(=O)N[C@@H]2O[C@@H]([C@@H]3O[C@H]4NC(=O)N(CC(=O)O)[C@H]4O3)O[C@H]21. The van der Waals surface area contributed by atoms with E-state index in [9.17, 15) is 19.2 Å². The molecule has 0 saturated carbocycles. The van der Waals surface area contributed by atoms with Crippen LogP contribution in [0.3, 0.4) is 0 Å². The van der Waals surface area contributed by atoms with E-state index >= 15 is 0 Å². The van der Waals surface area contributed by atoms with E-state index in [1.54, 1.807) is 0 Å². The van der Waals surface area contributed by atoms with Gasteiger partial charge in [-0.25, -0.2) is 9.59 Å². The summed E-state index contributed by atoms with van der Waals surface area (Å²) in [7, 11) is 0. The summed E-state index contributed by atoms with van der Waals surface area (Å²) in [6, 6.07) is -1.29. The number of urea groups is 2. The fourth-order valence-electron chi connectivity index (χ4n) is 3.10.